The molecular weight excluding hydrogens is 390 g/mol. The van der Waals surface area contributed by atoms with Gasteiger partial charge in [-0.15, -0.1) is 11.8 Å². The molecule has 0 aromatic heterocycles. The van der Waals surface area contributed by atoms with Crippen LogP contribution in [0.4, 0.5) is 14.5 Å². The minimum Gasteiger partial charge on any atom is -0.487 e. The van der Waals surface area contributed by atoms with Crippen molar-refractivity contribution in [3.8, 4) is 5.75 Å². The van der Waals surface area contributed by atoms with Gasteiger partial charge in [-0.1, -0.05) is 0 Å². The number of piperidine rings is 1. The smallest absolute Gasteiger partial charge is 0.283 e. The number of carbonyl (C=O) groups excluding carboxylic acids is 1. The Hall–Kier alpha value is -2.68. The van der Waals surface area contributed by atoms with Gasteiger partial charge in [0, 0.05) is 43.6 Å². The number of likely N-dealkylation sites (tertiary alicyclic amines) is 1. The van der Waals surface area contributed by atoms with Gasteiger partial charge in [0.15, 0.2) is 11.6 Å². The van der Waals surface area contributed by atoms with Crippen molar-refractivity contribution in [2.24, 2.45) is 0 Å². The van der Waals surface area contributed by atoms with Crippen molar-refractivity contribution in [1.82, 2.24) is 4.90 Å². The van der Waals surface area contributed by atoms with E-state index in [-0.39, 0.29) is 29.0 Å². The van der Waals surface area contributed by atoms with Crippen molar-refractivity contribution in [1.29, 1.82) is 0 Å². The Morgan fingerprint density at radius 3 is 2.54 bits per heavy atom. The summed E-state index contributed by atoms with van der Waals surface area (Å²) in [6, 6.07) is 7.58. The fourth-order valence-corrected chi connectivity index (χ4v) is 3.62. The molecule has 6 nitrogen and oxygen atoms in total. The fraction of sp³-hybridized carbons (Fsp3) is 0.316. The maximum atomic E-state index is 13.7. The molecule has 28 heavy (non-hydrogen) atoms. The number of hydrogen-bond acceptors (Lipinski definition) is 5. The average Bonchev–Trinajstić information content (AvgIpc) is 2.69. The second kappa shape index (κ2) is 8.55. The van der Waals surface area contributed by atoms with Crippen molar-refractivity contribution < 1.29 is 23.2 Å². The molecule has 2 aromatic carbocycles. The number of nitro benzene ring substituents is 1. The number of nitrogens with zero attached hydrogens (tertiary/aromatic N) is 2. The third-order valence-corrected chi connectivity index (χ3v) is 5.32. The number of nitro groups is 1. The highest BCUT2D eigenvalue weighted by atomic mass is 32.2. The molecule has 9 heteroatoms. The first-order valence-corrected chi connectivity index (χ1v) is 9.85. The summed E-state index contributed by atoms with van der Waals surface area (Å²) in [5, 5.41) is 11.2. The van der Waals surface area contributed by atoms with Crippen LogP contribution in [0, 0.1) is 21.7 Å². The topological polar surface area (TPSA) is 72.7 Å². The number of ether oxygens (including phenoxy) is 1. The second-order valence-electron chi connectivity index (χ2n) is 6.33. The minimum atomic E-state index is -0.764. The Morgan fingerprint density at radius 1 is 1.21 bits per heavy atom. The Balaban J connectivity index is 1.64. The average molecular weight is 408 g/mol. The molecule has 0 atom stereocenters. The van der Waals surface area contributed by atoms with E-state index in [1.807, 2.05) is 0 Å². The highest BCUT2D eigenvalue weighted by Gasteiger charge is 2.27. The summed E-state index contributed by atoms with van der Waals surface area (Å²) < 4.78 is 32.3. The number of halogens is 2. The van der Waals surface area contributed by atoms with Gasteiger partial charge in [0.25, 0.3) is 11.6 Å². The van der Waals surface area contributed by atoms with Gasteiger partial charge in [-0.3, -0.25) is 14.9 Å². The molecule has 0 spiro atoms. The highest BCUT2D eigenvalue weighted by Crippen LogP contribution is 2.29. The number of benzene rings is 2. The van der Waals surface area contributed by atoms with Crippen LogP contribution in [0.5, 0.6) is 5.75 Å². The summed E-state index contributed by atoms with van der Waals surface area (Å²) in [7, 11) is 0. The SMILES string of the molecule is CSc1ccc(C(=O)N2CCC(Oc3ccc(F)cc3F)CC2)cc1[N+](=O)[O-]. The molecule has 0 saturated carbocycles. The van der Waals surface area contributed by atoms with Crippen LogP contribution >= 0.6 is 11.8 Å². The van der Waals surface area contributed by atoms with E-state index in [0.717, 1.165) is 12.1 Å². The summed E-state index contributed by atoms with van der Waals surface area (Å²) in [5.74, 6) is -1.75. The van der Waals surface area contributed by atoms with Gasteiger partial charge >= 0.3 is 0 Å². The minimum absolute atomic E-state index is 0.0190. The molecule has 1 fully saturated rings. The monoisotopic (exact) mass is 408 g/mol. The molecule has 0 unspecified atom stereocenters. The van der Waals surface area contributed by atoms with Crippen LogP contribution in [0.15, 0.2) is 41.3 Å². The van der Waals surface area contributed by atoms with Crippen LogP contribution in [0.3, 0.4) is 0 Å². The van der Waals surface area contributed by atoms with E-state index in [2.05, 4.69) is 0 Å². The molecule has 2 aromatic rings. The van der Waals surface area contributed by atoms with Gasteiger partial charge in [0.05, 0.1) is 9.82 Å². The predicted octanol–water partition coefficient (Wildman–Crippen LogP) is 4.28. The van der Waals surface area contributed by atoms with Crippen LogP contribution in [0.2, 0.25) is 0 Å². The normalized spacial score (nSPS) is 14.8. The van der Waals surface area contributed by atoms with Gasteiger partial charge in [-0.05, 0) is 30.5 Å². The zero-order valence-electron chi connectivity index (χ0n) is 15.1. The molecule has 1 aliphatic heterocycles. The summed E-state index contributed by atoms with van der Waals surface area (Å²) in [6.45, 7) is 0.759. The first-order chi connectivity index (χ1) is 13.4. The summed E-state index contributed by atoms with van der Waals surface area (Å²) >= 11 is 1.25. The van der Waals surface area contributed by atoms with E-state index in [1.165, 1.54) is 23.9 Å². The molecular formula is C19H18F2N2O4S. The lowest BCUT2D eigenvalue weighted by atomic mass is 10.1. The van der Waals surface area contributed by atoms with Gasteiger partial charge in [-0.25, -0.2) is 8.78 Å². The van der Waals surface area contributed by atoms with Gasteiger partial charge in [0.2, 0.25) is 0 Å². The number of hydrogen-bond donors (Lipinski definition) is 0. The number of rotatable bonds is 5. The number of carbonyl (C=O) groups is 1. The summed E-state index contributed by atoms with van der Waals surface area (Å²) in [4.78, 5) is 25.5. The van der Waals surface area contributed by atoms with E-state index >= 15 is 0 Å². The van der Waals surface area contributed by atoms with E-state index in [4.69, 9.17) is 4.74 Å². The standard InChI is InChI=1S/C19H18F2N2O4S/c1-28-18-5-2-12(10-16(18)23(25)26)19(24)22-8-6-14(7-9-22)27-17-4-3-13(20)11-15(17)21/h2-5,10-11,14H,6-9H2,1H3. The largest absolute Gasteiger partial charge is 0.487 e. The van der Waals surface area contributed by atoms with Gasteiger partial charge in [0.1, 0.15) is 11.9 Å². The quantitative estimate of drug-likeness (QED) is 0.420. The lowest BCUT2D eigenvalue weighted by molar-refractivity contribution is -0.387. The van der Waals surface area contributed by atoms with E-state index in [0.29, 0.717) is 30.8 Å². The molecule has 1 heterocycles. The van der Waals surface area contributed by atoms with Gasteiger partial charge < -0.3 is 9.64 Å². The highest BCUT2D eigenvalue weighted by molar-refractivity contribution is 7.98. The Bertz CT molecular complexity index is 901. The van der Waals surface area contributed by atoms with Crippen LogP contribution in [0.1, 0.15) is 23.2 Å². The zero-order chi connectivity index (χ0) is 20.3. The molecule has 0 aliphatic carbocycles. The fourth-order valence-electron chi connectivity index (χ4n) is 3.08. The number of amides is 1. The van der Waals surface area contributed by atoms with E-state index < -0.39 is 16.6 Å². The molecule has 1 amide bonds. The molecule has 0 radical (unpaired) electrons. The maximum absolute atomic E-state index is 13.7. The molecule has 1 aliphatic rings. The summed E-state index contributed by atoms with van der Waals surface area (Å²) in [6.07, 6.45) is 2.40. The molecule has 1 saturated heterocycles. The van der Waals surface area contributed by atoms with Crippen molar-refractivity contribution in [3.63, 3.8) is 0 Å². The lowest BCUT2D eigenvalue weighted by Crippen LogP contribution is -2.41. The Kier molecular flexibility index (Phi) is 6.13. The van der Waals surface area contributed by atoms with Crippen LogP contribution in [0.25, 0.3) is 0 Å². The van der Waals surface area contributed by atoms with Crippen molar-refractivity contribution in [2.75, 3.05) is 19.3 Å². The number of thioether (sulfide) groups is 1. The van der Waals surface area contributed by atoms with Gasteiger partial charge in [-0.2, -0.15) is 0 Å². The van der Waals surface area contributed by atoms with E-state index in [9.17, 15) is 23.7 Å². The zero-order valence-corrected chi connectivity index (χ0v) is 15.9. The van der Waals surface area contributed by atoms with Crippen LogP contribution < -0.4 is 4.74 Å². The summed E-state index contributed by atoms with van der Waals surface area (Å²) in [5.41, 5.74) is 0.164. The Labute approximate surface area is 164 Å². The first kappa shape index (κ1) is 20.1. The maximum Gasteiger partial charge on any atom is 0.283 e. The molecule has 3 rings (SSSR count). The van der Waals surface area contributed by atoms with Crippen LogP contribution in [-0.2, 0) is 0 Å². The van der Waals surface area contributed by atoms with Crippen molar-refractivity contribution in [3.05, 3.63) is 63.7 Å². The molecule has 0 bridgehead atoms. The Morgan fingerprint density at radius 2 is 1.93 bits per heavy atom. The first-order valence-electron chi connectivity index (χ1n) is 8.62. The lowest BCUT2D eigenvalue weighted by Gasteiger charge is -2.32. The molecule has 0 N–H and O–H groups in total. The van der Waals surface area contributed by atoms with Crippen LogP contribution in [-0.4, -0.2) is 41.2 Å². The second-order valence-corrected chi connectivity index (χ2v) is 7.18. The third-order valence-electron chi connectivity index (χ3n) is 4.54. The predicted molar refractivity (Wildman–Crippen MR) is 101 cm³/mol. The molecule has 148 valence electrons. The third kappa shape index (κ3) is 4.41. The van der Waals surface area contributed by atoms with Crippen molar-refractivity contribution in [2.45, 2.75) is 23.8 Å². The van der Waals surface area contributed by atoms with Crippen molar-refractivity contribution >= 4 is 23.4 Å². The van der Waals surface area contributed by atoms with E-state index in [1.54, 1.807) is 23.3 Å².